The smallest absolute Gasteiger partial charge is 0.157 e. The standard InChI is InChI=1S/C27H37N3O/c1-17-3-5-20-19(11-17)4-6-21-22-7-8-23(24(31)15-30-14-18(12-28)13-29-30)26(22,2)16-27(9-10-27)25(20)21/h13-14,17,19-23,25H,3-11,15-16H2,1-2H3/t17-,19+,20-,21-,22-,23+,25+,26-/m0/s1. The average Bonchev–Trinajstić information content (AvgIpc) is 3.19. The summed E-state index contributed by atoms with van der Waals surface area (Å²) in [6, 6.07) is 2.12. The second kappa shape index (κ2) is 6.93. The molecule has 0 radical (unpaired) electrons. The molecular weight excluding hydrogens is 382 g/mol. The van der Waals surface area contributed by atoms with Gasteiger partial charge in [-0.15, -0.1) is 0 Å². The second-order valence-corrected chi connectivity index (χ2v) is 12.4. The van der Waals surface area contributed by atoms with Gasteiger partial charge in [0.15, 0.2) is 5.78 Å². The molecule has 0 aromatic carbocycles. The van der Waals surface area contributed by atoms with Crippen molar-refractivity contribution >= 4 is 5.78 Å². The lowest BCUT2D eigenvalue weighted by atomic mass is 9.45. The van der Waals surface area contributed by atoms with Crippen LogP contribution in [0.2, 0.25) is 0 Å². The van der Waals surface area contributed by atoms with Crippen LogP contribution in [0.1, 0.15) is 83.6 Å². The third kappa shape index (κ3) is 2.98. The van der Waals surface area contributed by atoms with Crippen LogP contribution in [0.3, 0.4) is 0 Å². The van der Waals surface area contributed by atoms with E-state index in [0.29, 0.717) is 23.3 Å². The van der Waals surface area contributed by atoms with Crippen LogP contribution in [0, 0.1) is 63.6 Å². The number of carbonyl (C=O) groups is 1. The lowest BCUT2D eigenvalue weighted by Gasteiger charge is -2.60. The van der Waals surface area contributed by atoms with Crippen LogP contribution in [0.5, 0.6) is 0 Å². The molecule has 4 nitrogen and oxygen atoms in total. The van der Waals surface area contributed by atoms with Gasteiger partial charge in [-0.05, 0) is 104 Å². The van der Waals surface area contributed by atoms with Crippen molar-refractivity contribution < 1.29 is 4.79 Å². The molecule has 5 saturated carbocycles. The lowest BCUT2D eigenvalue weighted by molar-refractivity contribution is -0.138. The van der Waals surface area contributed by atoms with Crippen molar-refractivity contribution in [2.75, 3.05) is 0 Å². The Kier molecular flexibility index (Phi) is 4.47. The van der Waals surface area contributed by atoms with Crippen molar-refractivity contribution in [3.8, 4) is 6.07 Å². The Bertz CT molecular complexity index is 923. The lowest BCUT2D eigenvalue weighted by Crippen LogP contribution is -2.54. The molecule has 0 amide bonds. The largest absolute Gasteiger partial charge is 0.297 e. The van der Waals surface area contributed by atoms with E-state index in [1.165, 1.54) is 57.8 Å². The Hall–Kier alpha value is -1.63. The Labute approximate surface area is 186 Å². The van der Waals surface area contributed by atoms with Crippen LogP contribution >= 0.6 is 0 Å². The van der Waals surface area contributed by atoms with Crippen molar-refractivity contribution in [1.82, 2.24) is 9.78 Å². The van der Waals surface area contributed by atoms with Crippen molar-refractivity contribution in [3.05, 3.63) is 18.0 Å². The zero-order valence-corrected chi connectivity index (χ0v) is 19.2. The summed E-state index contributed by atoms with van der Waals surface area (Å²) in [4.78, 5) is 13.5. The summed E-state index contributed by atoms with van der Waals surface area (Å²) < 4.78 is 1.69. The molecule has 1 aromatic heterocycles. The minimum Gasteiger partial charge on any atom is -0.297 e. The normalized spacial score (nSPS) is 44.7. The molecule has 0 bridgehead atoms. The molecule has 31 heavy (non-hydrogen) atoms. The van der Waals surface area contributed by atoms with Gasteiger partial charge in [0.05, 0.1) is 18.3 Å². The van der Waals surface area contributed by atoms with Gasteiger partial charge in [0.25, 0.3) is 0 Å². The first-order valence-electron chi connectivity index (χ1n) is 12.9. The van der Waals surface area contributed by atoms with Gasteiger partial charge in [0.2, 0.25) is 0 Å². The van der Waals surface area contributed by atoms with E-state index in [0.717, 1.165) is 41.9 Å². The fourth-order valence-corrected chi connectivity index (χ4v) is 9.67. The Morgan fingerprint density at radius 1 is 1.19 bits per heavy atom. The SMILES string of the molecule is C[C@H]1CC[C@H]2[C@H](CC[C@@H]3[C@@H]2C2(CC2)C[C@]2(C)[C@@H](C(=O)Cn4cc(C#N)cn4)CC[C@@H]32)C1. The average molecular weight is 420 g/mol. The van der Waals surface area contributed by atoms with E-state index in [1.54, 1.807) is 17.1 Å². The number of nitrogens with zero attached hydrogens (tertiary/aromatic N) is 3. The molecule has 0 aliphatic heterocycles. The molecule has 5 aliphatic rings. The second-order valence-electron chi connectivity index (χ2n) is 12.4. The summed E-state index contributed by atoms with van der Waals surface area (Å²) in [5.74, 6) is 5.98. The number of fused-ring (bicyclic) bond motifs is 6. The third-order valence-corrected chi connectivity index (χ3v) is 10.8. The topological polar surface area (TPSA) is 58.7 Å². The summed E-state index contributed by atoms with van der Waals surface area (Å²) in [7, 11) is 0. The first-order valence-corrected chi connectivity index (χ1v) is 12.9. The number of ketones is 1. The van der Waals surface area contributed by atoms with Gasteiger partial charge < -0.3 is 0 Å². The zero-order valence-electron chi connectivity index (χ0n) is 19.2. The molecule has 1 heterocycles. The van der Waals surface area contributed by atoms with Crippen LogP contribution in [0.15, 0.2) is 12.4 Å². The van der Waals surface area contributed by atoms with Gasteiger partial charge in [-0.2, -0.15) is 10.4 Å². The molecule has 8 atom stereocenters. The molecular formula is C27H37N3O. The minimum absolute atomic E-state index is 0.175. The van der Waals surface area contributed by atoms with E-state index in [1.807, 2.05) is 0 Å². The van der Waals surface area contributed by atoms with Gasteiger partial charge in [0.1, 0.15) is 6.07 Å². The van der Waals surface area contributed by atoms with E-state index in [4.69, 9.17) is 5.26 Å². The zero-order chi connectivity index (χ0) is 21.4. The summed E-state index contributed by atoms with van der Waals surface area (Å²) >= 11 is 0. The minimum atomic E-state index is 0.175. The third-order valence-electron chi connectivity index (χ3n) is 10.8. The van der Waals surface area contributed by atoms with Crippen LogP contribution < -0.4 is 0 Å². The Morgan fingerprint density at radius 3 is 2.74 bits per heavy atom. The van der Waals surface area contributed by atoms with Crippen LogP contribution in [0.4, 0.5) is 0 Å². The van der Waals surface area contributed by atoms with E-state index in [-0.39, 0.29) is 11.3 Å². The molecule has 5 aliphatic carbocycles. The molecule has 166 valence electrons. The number of rotatable bonds is 3. The molecule has 0 saturated heterocycles. The number of nitriles is 1. The molecule has 0 unspecified atom stereocenters. The molecule has 4 heteroatoms. The first-order chi connectivity index (χ1) is 14.9. The highest BCUT2D eigenvalue weighted by molar-refractivity contribution is 5.82. The number of hydrogen-bond donors (Lipinski definition) is 0. The maximum Gasteiger partial charge on any atom is 0.157 e. The van der Waals surface area contributed by atoms with E-state index in [2.05, 4.69) is 25.0 Å². The van der Waals surface area contributed by atoms with Crippen molar-refractivity contribution in [3.63, 3.8) is 0 Å². The van der Waals surface area contributed by atoms with Crippen LogP contribution in [0.25, 0.3) is 0 Å². The highest BCUT2D eigenvalue weighted by Crippen LogP contribution is 2.75. The summed E-state index contributed by atoms with van der Waals surface area (Å²) in [5, 5.41) is 13.3. The quantitative estimate of drug-likeness (QED) is 0.639. The van der Waals surface area contributed by atoms with E-state index >= 15 is 0 Å². The fourth-order valence-electron chi connectivity index (χ4n) is 9.67. The predicted molar refractivity (Wildman–Crippen MR) is 119 cm³/mol. The van der Waals surface area contributed by atoms with Crippen LogP contribution in [-0.4, -0.2) is 15.6 Å². The van der Waals surface area contributed by atoms with E-state index in [9.17, 15) is 4.79 Å². The molecule has 6 rings (SSSR count). The highest BCUT2D eigenvalue weighted by atomic mass is 16.1. The predicted octanol–water partition coefficient (Wildman–Crippen LogP) is 5.62. The summed E-state index contributed by atoms with van der Waals surface area (Å²) in [5.41, 5.74) is 1.27. The Morgan fingerprint density at radius 2 is 2.00 bits per heavy atom. The van der Waals surface area contributed by atoms with Gasteiger partial charge in [-0.25, -0.2) is 0 Å². The maximum absolute atomic E-state index is 13.5. The van der Waals surface area contributed by atoms with Gasteiger partial charge in [0, 0.05) is 12.1 Å². The molecule has 0 N–H and O–H groups in total. The number of Topliss-reactive ketones (excluding diaryl/α,β-unsaturated/α-hetero) is 1. The number of aromatic nitrogens is 2. The van der Waals surface area contributed by atoms with Crippen molar-refractivity contribution in [1.29, 1.82) is 5.26 Å². The molecule has 1 spiro atoms. The fraction of sp³-hybridized carbons (Fsp3) is 0.815. The van der Waals surface area contributed by atoms with Crippen molar-refractivity contribution in [2.45, 2.75) is 84.6 Å². The van der Waals surface area contributed by atoms with Gasteiger partial charge >= 0.3 is 0 Å². The summed E-state index contributed by atoms with van der Waals surface area (Å²) in [6.07, 6.45) is 17.0. The monoisotopic (exact) mass is 419 g/mol. The Balaban J connectivity index is 1.26. The first kappa shape index (κ1) is 20.0. The van der Waals surface area contributed by atoms with E-state index < -0.39 is 0 Å². The molecule has 1 aromatic rings. The number of carbonyl (C=O) groups excluding carboxylic acids is 1. The summed E-state index contributed by atoms with van der Waals surface area (Å²) in [6.45, 7) is 5.29. The maximum atomic E-state index is 13.5. The highest BCUT2D eigenvalue weighted by Gasteiger charge is 2.68. The number of hydrogen-bond acceptors (Lipinski definition) is 3. The molecule has 5 fully saturated rings. The van der Waals surface area contributed by atoms with Gasteiger partial charge in [-0.1, -0.05) is 20.3 Å². The van der Waals surface area contributed by atoms with Crippen LogP contribution in [-0.2, 0) is 11.3 Å². The van der Waals surface area contributed by atoms with Gasteiger partial charge in [-0.3, -0.25) is 9.48 Å². The van der Waals surface area contributed by atoms with Crippen molar-refractivity contribution in [2.24, 2.45) is 52.3 Å².